The van der Waals surface area contributed by atoms with Crippen molar-refractivity contribution < 1.29 is 18.0 Å². The Morgan fingerprint density at radius 2 is 2.16 bits per heavy atom. The Labute approximate surface area is 146 Å². The second-order valence-electron chi connectivity index (χ2n) is 5.11. The van der Waals surface area contributed by atoms with Crippen LogP contribution >= 0.6 is 11.6 Å². The number of nitrogens with zero attached hydrogens (tertiary/aromatic N) is 4. The molecule has 1 amide bonds. The summed E-state index contributed by atoms with van der Waals surface area (Å²) < 4.78 is 39.2. The van der Waals surface area contributed by atoms with E-state index in [9.17, 15) is 18.0 Å². The number of carbonyl (C=O) groups excluding carboxylic acids is 1. The predicted molar refractivity (Wildman–Crippen MR) is 84.2 cm³/mol. The van der Waals surface area contributed by atoms with Crippen LogP contribution in [0.1, 0.15) is 37.3 Å². The zero-order chi connectivity index (χ0) is 18.6. The first kappa shape index (κ1) is 18.7. The highest BCUT2D eigenvalue weighted by Gasteiger charge is 2.32. The van der Waals surface area contributed by atoms with Gasteiger partial charge in [-0.25, -0.2) is 4.98 Å². The SMILES string of the molecule is CCCCC(=O)Nc1c(C#N)cnn1-c1ncc(C(F)(F)F)cc1Cl. The Bertz CT molecular complexity index is 826. The van der Waals surface area contributed by atoms with Gasteiger partial charge in [-0.3, -0.25) is 4.79 Å². The number of rotatable bonds is 5. The van der Waals surface area contributed by atoms with Crippen LogP contribution in [0.3, 0.4) is 0 Å². The fourth-order valence-corrected chi connectivity index (χ4v) is 2.23. The van der Waals surface area contributed by atoms with Crippen LogP contribution in [0.2, 0.25) is 5.02 Å². The Balaban J connectivity index is 2.42. The molecule has 2 heterocycles. The van der Waals surface area contributed by atoms with Crippen LogP contribution in [0.15, 0.2) is 18.5 Å². The number of aromatic nitrogens is 3. The second kappa shape index (κ2) is 7.53. The molecular weight excluding hydrogens is 359 g/mol. The number of unbranched alkanes of at least 4 members (excludes halogenated alkanes) is 1. The molecule has 2 aromatic rings. The second-order valence-corrected chi connectivity index (χ2v) is 5.52. The maximum atomic E-state index is 12.7. The van der Waals surface area contributed by atoms with E-state index in [0.29, 0.717) is 18.7 Å². The molecule has 0 unspecified atom stereocenters. The predicted octanol–water partition coefficient (Wildman–Crippen LogP) is 3.94. The van der Waals surface area contributed by atoms with Crippen LogP contribution in [0, 0.1) is 11.3 Å². The van der Waals surface area contributed by atoms with Crippen molar-refractivity contribution in [1.82, 2.24) is 14.8 Å². The van der Waals surface area contributed by atoms with E-state index in [1.807, 2.05) is 13.0 Å². The van der Waals surface area contributed by atoms with Crippen LogP contribution in [-0.2, 0) is 11.0 Å². The zero-order valence-corrected chi connectivity index (χ0v) is 13.8. The first-order valence-corrected chi connectivity index (χ1v) is 7.66. The van der Waals surface area contributed by atoms with E-state index in [1.54, 1.807) is 0 Å². The zero-order valence-electron chi connectivity index (χ0n) is 13.1. The van der Waals surface area contributed by atoms with Crippen molar-refractivity contribution in [3.8, 4) is 11.9 Å². The van der Waals surface area contributed by atoms with E-state index in [4.69, 9.17) is 16.9 Å². The molecule has 0 aliphatic rings. The summed E-state index contributed by atoms with van der Waals surface area (Å²) >= 11 is 5.90. The van der Waals surface area contributed by atoms with Crippen molar-refractivity contribution in [2.45, 2.75) is 32.4 Å². The van der Waals surface area contributed by atoms with E-state index >= 15 is 0 Å². The molecule has 25 heavy (non-hydrogen) atoms. The highest BCUT2D eigenvalue weighted by Crippen LogP contribution is 2.32. The van der Waals surface area contributed by atoms with Gasteiger partial charge in [-0.05, 0) is 12.5 Å². The van der Waals surface area contributed by atoms with Gasteiger partial charge < -0.3 is 5.32 Å². The summed E-state index contributed by atoms with van der Waals surface area (Å²) in [6.07, 6.45) is -1.11. The maximum Gasteiger partial charge on any atom is 0.417 e. The fraction of sp³-hybridized carbons (Fsp3) is 0.333. The van der Waals surface area contributed by atoms with Crippen LogP contribution < -0.4 is 5.32 Å². The van der Waals surface area contributed by atoms with Crippen molar-refractivity contribution in [3.63, 3.8) is 0 Å². The number of hydrogen-bond acceptors (Lipinski definition) is 4. The summed E-state index contributed by atoms with van der Waals surface area (Å²) in [5.41, 5.74) is -0.968. The number of halogens is 4. The Morgan fingerprint density at radius 3 is 2.72 bits per heavy atom. The summed E-state index contributed by atoms with van der Waals surface area (Å²) in [6.45, 7) is 1.92. The quantitative estimate of drug-likeness (QED) is 0.862. The van der Waals surface area contributed by atoms with E-state index in [-0.39, 0.29) is 34.5 Å². The summed E-state index contributed by atoms with van der Waals surface area (Å²) in [7, 11) is 0. The molecule has 6 nitrogen and oxygen atoms in total. The average Bonchev–Trinajstić information content (AvgIpc) is 2.94. The molecule has 10 heteroatoms. The van der Waals surface area contributed by atoms with E-state index in [1.165, 1.54) is 6.20 Å². The van der Waals surface area contributed by atoms with Crippen molar-refractivity contribution >= 4 is 23.3 Å². The molecule has 0 spiro atoms. The van der Waals surface area contributed by atoms with Gasteiger partial charge in [0.15, 0.2) is 11.6 Å². The molecule has 132 valence electrons. The summed E-state index contributed by atoms with van der Waals surface area (Å²) in [6, 6.07) is 2.56. The average molecular weight is 372 g/mol. The van der Waals surface area contributed by atoms with Gasteiger partial charge >= 0.3 is 6.18 Å². The molecule has 0 saturated heterocycles. The van der Waals surface area contributed by atoms with Gasteiger partial charge in [0.1, 0.15) is 11.6 Å². The molecule has 0 bridgehead atoms. The van der Waals surface area contributed by atoms with Crippen LogP contribution in [-0.4, -0.2) is 20.7 Å². The van der Waals surface area contributed by atoms with Gasteiger partial charge in [0, 0.05) is 12.6 Å². The summed E-state index contributed by atoms with van der Waals surface area (Å²) in [5, 5.41) is 15.2. The van der Waals surface area contributed by atoms with E-state index < -0.39 is 11.7 Å². The summed E-state index contributed by atoms with van der Waals surface area (Å²) in [5.74, 6) is -0.456. The number of pyridine rings is 1. The van der Waals surface area contributed by atoms with Gasteiger partial charge in [-0.2, -0.15) is 28.2 Å². The topological polar surface area (TPSA) is 83.6 Å². The van der Waals surface area contributed by atoms with Crippen molar-refractivity contribution in [2.24, 2.45) is 0 Å². The first-order valence-electron chi connectivity index (χ1n) is 7.29. The lowest BCUT2D eigenvalue weighted by Crippen LogP contribution is -2.16. The standard InChI is InChI=1S/C15H13ClF3N5O/c1-2-3-4-12(25)23-13-9(6-20)7-22-24(13)14-11(16)5-10(8-21-14)15(17,18)19/h5,7-8H,2-4H2,1H3,(H,23,25). The third kappa shape index (κ3) is 4.28. The Hall–Kier alpha value is -2.60. The first-order chi connectivity index (χ1) is 11.8. The third-order valence-electron chi connectivity index (χ3n) is 3.25. The number of amides is 1. The van der Waals surface area contributed by atoms with Gasteiger partial charge in [0.05, 0.1) is 16.8 Å². The maximum absolute atomic E-state index is 12.7. The molecule has 0 aliphatic carbocycles. The highest BCUT2D eigenvalue weighted by molar-refractivity contribution is 6.32. The molecule has 0 radical (unpaired) electrons. The molecule has 0 fully saturated rings. The minimum Gasteiger partial charge on any atom is -0.309 e. The van der Waals surface area contributed by atoms with E-state index in [2.05, 4.69) is 15.4 Å². The minimum absolute atomic E-state index is 0.0118. The molecule has 0 atom stereocenters. The molecule has 2 rings (SSSR count). The number of carbonyl (C=O) groups is 1. The number of nitrogens with one attached hydrogen (secondary N) is 1. The number of nitriles is 1. The molecular formula is C15H13ClF3N5O. The van der Waals surface area contributed by atoms with Crippen LogP contribution in [0.5, 0.6) is 0 Å². The Kier molecular flexibility index (Phi) is 5.64. The smallest absolute Gasteiger partial charge is 0.309 e. The lowest BCUT2D eigenvalue weighted by molar-refractivity contribution is -0.137. The highest BCUT2D eigenvalue weighted by atomic mass is 35.5. The summed E-state index contributed by atoms with van der Waals surface area (Å²) in [4.78, 5) is 15.6. The number of alkyl halides is 3. The van der Waals surface area contributed by atoms with Gasteiger partial charge in [-0.15, -0.1) is 0 Å². The normalized spacial score (nSPS) is 11.2. The van der Waals surface area contributed by atoms with Crippen LogP contribution in [0.4, 0.5) is 19.0 Å². The monoisotopic (exact) mass is 371 g/mol. The minimum atomic E-state index is -4.59. The van der Waals surface area contributed by atoms with E-state index in [0.717, 1.165) is 11.1 Å². The number of hydrogen-bond donors (Lipinski definition) is 1. The third-order valence-corrected chi connectivity index (χ3v) is 3.53. The molecule has 2 aromatic heterocycles. The molecule has 0 aliphatic heterocycles. The van der Waals surface area contributed by atoms with Crippen molar-refractivity contribution in [1.29, 1.82) is 5.26 Å². The Morgan fingerprint density at radius 1 is 1.44 bits per heavy atom. The van der Waals surface area contributed by atoms with Gasteiger partial charge in [-0.1, -0.05) is 24.9 Å². The lowest BCUT2D eigenvalue weighted by Gasteiger charge is -2.12. The van der Waals surface area contributed by atoms with Gasteiger partial charge in [0.2, 0.25) is 5.91 Å². The fourth-order valence-electron chi connectivity index (χ4n) is 1.98. The largest absolute Gasteiger partial charge is 0.417 e. The van der Waals surface area contributed by atoms with Crippen LogP contribution in [0.25, 0.3) is 5.82 Å². The van der Waals surface area contributed by atoms with Crippen molar-refractivity contribution in [2.75, 3.05) is 5.32 Å². The lowest BCUT2D eigenvalue weighted by atomic mass is 10.2. The number of anilines is 1. The van der Waals surface area contributed by atoms with Crippen molar-refractivity contribution in [3.05, 3.63) is 34.6 Å². The molecule has 1 N–H and O–H groups in total. The molecule has 0 saturated carbocycles. The molecule has 0 aromatic carbocycles. The van der Waals surface area contributed by atoms with Gasteiger partial charge in [0.25, 0.3) is 0 Å².